The number of aromatic nitrogens is 2. The van der Waals surface area contributed by atoms with Crippen LogP contribution < -0.4 is 5.73 Å². The highest BCUT2D eigenvalue weighted by atomic mass is 16.5. The van der Waals surface area contributed by atoms with Crippen LogP contribution in [-0.2, 0) is 11.8 Å². The molecule has 0 radical (unpaired) electrons. The van der Waals surface area contributed by atoms with Gasteiger partial charge in [-0.15, -0.1) is 0 Å². The van der Waals surface area contributed by atoms with E-state index in [4.69, 9.17) is 10.5 Å². The van der Waals surface area contributed by atoms with E-state index in [9.17, 15) is 0 Å². The fraction of sp³-hybridized carbons (Fsp3) is 0.769. The maximum absolute atomic E-state index is 6.47. The number of morpholine rings is 1. The van der Waals surface area contributed by atoms with Crippen LogP contribution in [0.4, 0.5) is 0 Å². The molecule has 102 valence electrons. The van der Waals surface area contributed by atoms with E-state index in [1.807, 2.05) is 24.0 Å². The lowest BCUT2D eigenvalue weighted by atomic mass is 9.85. The molecule has 1 saturated heterocycles. The molecule has 0 aliphatic carbocycles. The summed E-state index contributed by atoms with van der Waals surface area (Å²) in [6.07, 6.45) is 2.95. The van der Waals surface area contributed by atoms with Crippen LogP contribution >= 0.6 is 0 Å². The predicted molar refractivity (Wildman–Crippen MR) is 71.2 cm³/mol. The lowest BCUT2D eigenvalue weighted by Gasteiger charge is -2.46. The summed E-state index contributed by atoms with van der Waals surface area (Å²) in [5, 5.41) is 4.45. The van der Waals surface area contributed by atoms with Gasteiger partial charge < -0.3 is 10.5 Å². The predicted octanol–water partition coefficient (Wildman–Crippen LogP) is 0.921. The second kappa shape index (κ2) is 5.38. The van der Waals surface area contributed by atoms with Crippen LogP contribution in [0.2, 0.25) is 0 Å². The van der Waals surface area contributed by atoms with Crippen LogP contribution in [0.1, 0.15) is 32.0 Å². The first-order chi connectivity index (χ1) is 8.58. The highest BCUT2D eigenvalue weighted by Crippen LogP contribution is 2.32. The average Bonchev–Trinajstić information content (AvgIpc) is 2.84. The molecule has 2 atom stereocenters. The first kappa shape index (κ1) is 13.5. The summed E-state index contributed by atoms with van der Waals surface area (Å²) in [4.78, 5) is 2.44. The second-order valence-corrected chi connectivity index (χ2v) is 5.20. The van der Waals surface area contributed by atoms with E-state index in [0.717, 1.165) is 38.4 Å². The molecule has 0 bridgehead atoms. The van der Waals surface area contributed by atoms with Gasteiger partial charge in [-0.25, -0.2) is 0 Å². The highest BCUT2D eigenvalue weighted by molar-refractivity contribution is 5.12. The zero-order chi connectivity index (χ0) is 13.2. The molecule has 18 heavy (non-hydrogen) atoms. The summed E-state index contributed by atoms with van der Waals surface area (Å²) in [5.74, 6) is 0. The van der Waals surface area contributed by atoms with Crippen LogP contribution in [0.5, 0.6) is 0 Å². The van der Waals surface area contributed by atoms with Crippen LogP contribution in [0.3, 0.4) is 0 Å². The van der Waals surface area contributed by atoms with Gasteiger partial charge in [-0.3, -0.25) is 9.58 Å². The fourth-order valence-electron chi connectivity index (χ4n) is 2.63. The molecule has 1 aromatic rings. The molecule has 1 aromatic heterocycles. The van der Waals surface area contributed by atoms with Crippen molar-refractivity contribution in [3.8, 4) is 0 Å². The maximum Gasteiger partial charge on any atom is 0.0810 e. The van der Waals surface area contributed by atoms with Gasteiger partial charge in [0.05, 0.1) is 24.9 Å². The first-order valence-electron chi connectivity index (χ1n) is 6.66. The average molecular weight is 252 g/mol. The Morgan fingerprint density at radius 3 is 2.67 bits per heavy atom. The zero-order valence-corrected chi connectivity index (χ0v) is 11.6. The van der Waals surface area contributed by atoms with Crippen LogP contribution in [0, 0.1) is 0 Å². The summed E-state index contributed by atoms with van der Waals surface area (Å²) < 4.78 is 7.24. The van der Waals surface area contributed by atoms with Crippen molar-refractivity contribution >= 4 is 0 Å². The van der Waals surface area contributed by atoms with Crippen molar-refractivity contribution < 1.29 is 4.74 Å². The van der Waals surface area contributed by atoms with E-state index < -0.39 is 0 Å². The molecule has 0 amide bonds. The lowest BCUT2D eigenvalue weighted by Crippen LogP contribution is -2.56. The largest absolute Gasteiger partial charge is 0.379 e. The van der Waals surface area contributed by atoms with Crippen LogP contribution in [0.15, 0.2) is 12.3 Å². The van der Waals surface area contributed by atoms with Crippen LogP contribution in [-0.4, -0.2) is 46.5 Å². The molecule has 2 N–H and O–H groups in total. The zero-order valence-electron chi connectivity index (χ0n) is 11.6. The Hall–Kier alpha value is -0.910. The third kappa shape index (κ3) is 2.43. The smallest absolute Gasteiger partial charge is 0.0810 e. The Bertz CT molecular complexity index is 386. The minimum Gasteiger partial charge on any atom is -0.379 e. The van der Waals surface area contributed by atoms with Gasteiger partial charge >= 0.3 is 0 Å². The Balaban J connectivity index is 2.19. The van der Waals surface area contributed by atoms with E-state index in [2.05, 4.69) is 23.8 Å². The minimum absolute atomic E-state index is 0.0574. The molecule has 5 nitrogen and oxygen atoms in total. The Morgan fingerprint density at radius 2 is 2.17 bits per heavy atom. The summed E-state index contributed by atoms with van der Waals surface area (Å²) in [5.41, 5.74) is 7.38. The Kier molecular flexibility index (Phi) is 4.04. The van der Waals surface area contributed by atoms with Gasteiger partial charge in [0.15, 0.2) is 0 Å². The summed E-state index contributed by atoms with van der Waals surface area (Å²) >= 11 is 0. The van der Waals surface area contributed by atoms with E-state index >= 15 is 0 Å². The summed E-state index contributed by atoms with van der Waals surface area (Å²) in [7, 11) is 1.92. The van der Waals surface area contributed by atoms with Crippen molar-refractivity contribution in [2.24, 2.45) is 12.8 Å². The van der Waals surface area contributed by atoms with E-state index in [1.54, 1.807) is 0 Å². The van der Waals surface area contributed by atoms with Gasteiger partial charge in [0, 0.05) is 31.9 Å². The lowest BCUT2D eigenvalue weighted by molar-refractivity contribution is -0.0283. The van der Waals surface area contributed by atoms with Crippen molar-refractivity contribution in [3.05, 3.63) is 18.0 Å². The second-order valence-electron chi connectivity index (χ2n) is 5.20. The molecule has 5 heteroatoms. The SMILES string of the molecule is CCC(C)(C(N)c1ccn(C)n1)N1CCOCC1. The summed E-state index contributed by atoms with van der Waals surface area (Å²) in [6.45, 7) is 7.92. The normalized spacial score (nSPS) is 22.7. The highest BCUT2D eigenvalue weighted by Gasteiger charge is 2.38. The van der Waals surface area contributed by atoms with Crippen LogP contribution in [0.25, 0.3) is 0 Å². The number of ether oxygens (including phenoxy) is 1. The van der Waals surface area contributed by atoms with Gasteiger partial charge in [-0.1, -0.05) is 6.92 Å². The fourth-order valence-corrected chi connectivity index (χ4v) is 2.63. The number of rotatable bonds is 4. The molecule has 2 rings (SSSR count). The molecule has 0 saturated carbocycles. The topological polar surface area (TPSA) is 56.3 Å². The molecule has 1 aliphatic heterocycles. The molecule has 2 unspecified atom stereocenters. The van der Waals surface area contributed by atoms with E-state index in [0.29, 0.717) is 0 Å². The monoisotopic (exact) mass is 252 g/mol. The minimum atomic E-state index is -0.0678. The van der Waals surface area contributed by atoms with Gasteiger partial charge in [0.2, 0.25) is 0 Å². The van der Waals surface area contributed by atoms with Crippen molar-refractivity contribution in [1.29, 1.82) is 0 Å². The third-order valence-electron chi connectivity index (χ3n) is 4.17. The van der Waals surface area contributed by atoms with Gasteiger partial charge in [-0.2, -0.15) is 5.10 Å². The van der Waals surface area contributed by atoms with Crippen molar-refractivity contribution in [2.75, 3.05) is 26.3 Å². The first-order valence-corrected chi connectivity index (χ1v) is 6.66. The molecule has 0 spiro atoms. The van der Waals surface area contributed by atoms with E-state index in [1.165, 1.54) is 0 Å². The van der Waals surface area contributed by atoms with Gasteiger partial charge in [0.25, 0.3) is 0 Å². The molecule has 2 heterocycles. The number of aryl methyl sites for hydroxylation is 1. The number of hydrogen-bond acceptors (Lipinski definition) is 4. The van der Waals surface area contributed by atoms with Gasteiger partial charge in [-0.05, 0) is 19.4 Å². The van der Waals surface area contributed by atoms with Gasteiger partial charge in [0.1, 0.15) is 0 Å². The van der Waals surface area contributed by atoms with Crippen molar-refractivity contribution in [1.82, 2.24) is 14.7 Å². The maximum atomic E-state index is 6.47. The van der Waals surface area contributed by atoms with Crippen molar-refractivity contribution in [2.45, 2.75) is 31.8 Å². The molecule has 1 aliphatic rings. The van der Waals surface area contributed by atoms with E-state index in [-0.39, 0.29) is 11.6 Å². The standard InChI is InChI=1S/C13H24N4O/c1-4-13(2,17-7-9-18-10-8-17)12(14)11-5-6-16(3)15-11/h5-6,12H,4,7-10,14H2,1-3H3. The Morgan fingerprint density at radius 1 is 1.50 bits per heavy atom. The molecular weight excluding hydrogens is 228 g/mol. The summed E-state index contributed by atoms with van der Waals surface area (Å²) in [6, 6.07) is 1.95. The number of nitrogens with zero attached hydrogens (tertiary/aromatic N) is 3. The van der Waals surface area contributed by atoms with Crippen molar-refractivity contribution in [3.63, 3.8) is 0 Å². The Labute approximate surface area is 109 Å². The third-order valence-corrected chi connectivity index (χ3v) is 4.17. The molecular formula is C13H24N4O. The number of nitrogens with two attached hydrogens (primary N) is 1. The number of hydrogen-bond donors (Lipinski definition) is 1. The molecule has 0 aromatic carbocycles. The quantitative estimate of drug-likeness (QED) is 0.866. The molecule has 1 fully saturated rings.